The van der Waals surface area contributed by atoms with Crippen LogP contribution in [0.2, 0.25) is 0 Å². The molecule has 0 fully saturated rings. The van der Waals surface area contributed by atoms with Gasteiger partial charge in [0, 0.05) is 17.2 Å². The third-order valence-corrected chi connectivity index (χ3v) is 2.66. The Hall–Kier alpha value is -0.200. The zero-order valence-corrected chi connectivity index (χ0v) is 11.5. The van der Waals surface area contributed by atoms with Crippen LogP contribution in [-0.4, -0.2) is 16.6 Å². The van der Waals surface area contributed by atoms with Crippen LogP contribution in [0.15, 0.2) is 21.2 Å². The number of aromatic nitrogens is 1. The van der Waals surface area contributed by atoms with Gasteiger partial charge in [-0.05, 0) is 57.1 Å². The maximum atomic E-state index is 5.03. The smallest absolute Gasteiger partial charge is 0.171 e. The largest absolute Gasteiger partial charge is 0.363 e. The summed E-state index contributed by atoms with van der Waals surface area (Å²) in [4.78, 5) is 4.17. The zero-order valence-electron chi connectivity index (χ0n) is 7.47. The zero-order chi connectivity index (χ0) is 10.6. The molecule has 0 bridgehead atoms. The molecule has 1 rings (SSSR count). The van der Waals surface area contributed by atoms with Gasteiger partial charge in [-0.1, -0.05) is 0 Å². The van der Waals surface area contributed by atoms with Crippen molar-refractivity contribution in [3.63, 3.8) is 0 Å². The van der Waals surface area contributed by atoms with E-state index < -0.39 is 0 Å². The van der Waals surface area contributed by atoms with Crippen LogP contribution in [0, 0.1) is 0 Å². The molecule has 3 nitrogen and oxygen atoms in total. The lowest BCUT2D eigenvalue weighted by molar-refractivity contribution is 0.978. The van der Waals surface area contributed by atoms with E-state index in [0.29, 0.717) is 10.9 Å². The lowest BCUT2D eigenvalue weighted by atomic mass is 10.5. The van der Waals surface area contributed by atoms with E-state index in [1.54, 1.807) is 6.20 Å². The van der Waals surface area contributed by atoms with Gasteiger partial charge in [-0.2, -0.15) is 0 Å². The molecule has 1 aromatic heterocycles. The second-order valence-electron chi connectivity index (χ2n) is 2.47. The quantitative estimate of drug-likeness (QED) is 0.813. The average Bonchev–Trinajstić information content (AvgIpc) is 2.10. The summed E-state index contributed by atoms with van der Waals surface area (Å²) < 4.78 is 1.79. The molecule has 0 atom stereocenters. The number of pyridine rings is 1. The van der Waals surface area contributed by atoms with Crippen LogP contribution in [-0.2, 0) is 0 Å². The molecule has 0 aliphatic carbocycles. The van der Waals surface area contributed by atoms with E-state index in [0.717, 1.165) is 15.5 Å². The van der Waals surface area contributed by atoms with E-state index in [1.165, 1.54) is 0 Å². The fourth-order valence-corrected chi connectivity index (χ4v) is 2.15. The number of thiocarbonyl (C=S) groups is 1. The molecule has 1 heterocycles. The number of nitrogens with one attached hydrogen (secondary N) is 2. The van der Waals surface area contributed by atoms with Crippen LogP contribution in [0.3, 0.4) is 0 Å². The van der Waals surface area contributed by atoms with Crippen molar-refractivity contribution in [1.82, 2.24) is 10.3 Å². The van der Waals surface area contributed by atoms with Crippen molar-refractivity contribution < 1.29 is 0 Å². The maximum Gasteiger partial charge on any atom is 0.171 e. The van der Waals surface area contributed by atoms with Crippen LogP contribution >= 0.6 is 44.1 Å². The lowest BCUT2D eigenvalue weighted by Crippen LogP contribution is -2.28. The first-order chi connectivity index (χ1) is 6.63. The Morgan fingerprint density at radius 1 is 1.57 bits per heavy atom. The van der Waals surface area contributed by atoms with Crippen molar-refractivity contribution in [2.45, 2.75) is 6.92 Å². The molecule has 14 heavy (non-hydrogen) atoms. The first-order valence-electron chi connectivity index (χ1n) is 3.99. The van der Waals surface area contributed by atoms with Crippen molar-refractivity contribution in [3.05, 3.63) is 21.2 Å². The van der Waals surface area contributed by atoms with E-state index in [1.807, 2.05) is 13.0 Å². The predicted molar refractivity (Wildman–Crippen MR) is 69.5 cm³/mol. The second kappa shape index (κ2) is 5.63. The van der Waals surface area contributed by atoms with Gasteiger partial charge in [0.15, 0.2) is 5.11 Å². The number of halogens is 2. The van der Waals surface area contributed by atoms with E-state index >= 15 is 0 Å². The van der Waals surface area contributed by atoms with Gasteiger partial charge in [0.1, 0.15) is 5.82 Å². The molecule has 6 heteroatoms. The van der Waals surface area contributed by atoms with Gasteiger partial charge in [0.05, 0.1) is 4.47 Å². The summed E-state index contributed by atoms with van der Waals surface area (Å²) in [5.74, 6) is 0.708. The monoisotopic (exact) mass is 337 g/mol. The molecule has 0 saturated heterocycles. The van der Waals surface area contributed by atoms with Crippen LogP contribution in [0.5, 0.6) is 0 Å². The SMILES string of the molecule is CCNC(=S)Nc1ncc(Br)cc1Br. The van der Waals surface area contributed by atoms with E-state index in [9.17, 15) is 0 Å². The highest BCUT2D eigenvalue weighted by atomic mass is 79.9. The fourth-order valence-electron chi connectivity index (χ4n) is 0.819. The molecule has 0 aliphatic heterocycles. The highest BCUT2D eigenvalue weighted by Gasteiger charge is 2.03. The van der Waals surface area contributed by atoms with Gasteiger partial charge in [-0.25, -0.2) is 4.98 Å². The molecule has 0 spiro atoms. The van der Waals surface area contributed by atoms with Gasteiger partial charge in [-0.3, -0.25) is 0 Å². The summed E-state index contributed by atoms with van der Waals surface area (Å²) in [6.07, 6.45) is 1.71. The third kappa shape index (κ3) is 3.51. The fraction of sp³-hybridized carbons (Fsp3) is 0.250. The Labute approximate surface area is 105 Å². The Morgan fingerprint density at radius 3 is 2.86 bits per heavy atom. The maximum absolute atomic E-state index is 5.03. The molecule has 1 aromatic rings. The highest BCUT2D eigenvalue weighted by Crippen LogP contribution is 2.23. The van der Waals surface area contributed by atoms with Crippen molar-refractivity contribution >= 4 is 55.0 Å². The molecule has 76 valence electrons. The third-order valence-electron chi connectivity index (χ3n) is 1.38. The molecule has 0 aliphatic rings. The number of nitrogens with zero attached hydrogens (tertiary/aromatic N) is 1. The minimum Gasteiger partial charge on any atom is -0.363 e. The number of hydrogen-bond acceptors (Lipinski definition) is 2. The summed E-state index contributed by atoms with van der Waals surface area (Å²) in [5, 5.41) is 6.54. The highest BCUT2D eigenvalue weighted by molar-refractivity contribution is 9.11. The Kier molecular flexibility index (Phi) is 4.77. The molecule has 0 saturated carbocycles. The summed E-state index contributed by atoms with van der Waals surface area (Å²) in [5.41, 5.74) is 0. The van der Waals surface area contributed by atoms with E-state index in [2.05, 4.69) is 47.5 Å². The van der Waals surface area contributed by atoms with Gasteiger partial charge in [0.2, 0.25) is 0 Å². The molecule has 2 N–H and O–H groups in total. The first-order valence-corrected chi connectivity index (χ1v) is 5.98. The van der Waals surface area contributed by atoms with Gasteiger partial charge >= 0.3 is 0 Å². The summed E-state index contributed by atoms with van der Waals surface area (Å²) in [6.45, 7) is 2.78. The topological polar surface area (TPSA) is 37.0 Å². The van der Waals surface area contributed by atoms with Gasteiger partial charge in [-0.15, -0.1) is 0 Å². The number of rotatable bonds is 2. The molecule has 0 aromatic carbocycles. The van der Waals surface area contributed by atoms with Crippen molar-refractivity contribution in [2.75, 3.05) is 11.9 Å². The van der Waals surface area contributed by atoms with Crippen LogP contribution in [0.4, 0.5) is 5.82 Å². The van der Waals surface area contributed by atoms with Gasteiger partial charge in [0.25, 0.3) is 0 Å². The second-order valence-corrected chi connectivity index (χ2v) is 4.65. The van der Waals surface area contributed by atoms with Crippen LogP contribution in [0.25, 0.3) is 0 Å². The summed E-state index contributed by atoms with van der Waals surface area (Å²) in [7, 11) is 0. The van der Waals surface area contributed by atoms with Crippen molar-refractivity contribution in [3.8, 4) is 0 Å². The standard InChI is InChI=1S/C8H9Br2N3S/c1-2-11-8(14)13-7-6(10)3-5(9)4-12-7/h3-4H,2H2,1H3,(H2,11,12,13,14). The minimum absolute atomic E-state index is 0.572. The minimum atomic E-state index is 0.572. The Morgan fingerprint density at radius 2 is 2.29 bits per heavy atom. The molecular formula is C8H9Br2N3S. The summed E-state index contributed by atoms with van der Waals surface area (Å²) in [6, 6.07) is 1.91. The average molecular weight is 339 g/mol. The number of anilines is 1. The Balaban J connectivity index is 2.72. The Bertz CT molecular complexity index is 343. The molecule has 0 unspecified atom stereocenters. The predicted octanol–water partition coefficient (Wildman–Crippen LogP) is 2.91. The van der Waals surface area contributed by atoms with Crippen LogP contribution in [0.1, 0.15) is 6.92 Å². The summed E-state index contributed by atoms with van der Waals surface area (Å²) >= 11 is 11.7. The first kappa shape index (κ1) is 11.9. The van der Waals surface area contributed by atoms with Crippen molar-refractivity contribution in [1.29, 1.82) is 0 Å². The normalized spacial score (nSPS) is 9.64. The van der Waals surface area contributed by atoms with Gasteiger partial charge < -0.3 is 10.6 Å². The van der Waals surface area contributed by atoms with Crippen molar-refractivity contribution in [2.24, 2.45) is 0 Å². The van der Waals surface area contributed by atoms with E-state index in [-0.39, 0.29) is 0 Å². The molecule has 0 amide bonds. The van der Waals surface area contributed by atoms with Crippen LogP contribution < -0.4 is 10.6 Å². The lowest BCUT2D eigenvalue weighted by Gasteiger charge is -2.09. The number of hydrogen-bond donors (Lipinski definition) is 2. The molecule has 0 radical (unpaired) electrons. The van der Waals surface area contributed by atoms with E-state index in [4.69, 9.17) is 12.2 Å². The molecular weight excluding hydrogens is 330 g/mol.